The number of Topliss-reactive ketones (excluding diaryl/α,β-unsaturated/α-hetero) is 1. The van der Waals surface area contributed by atoms with Gasteiger partial charge in [0, 0.05) is 43.6 Å². The molecule has 2 aromatic rings. The molecule has 240 valence electrons. The zero-order chi connectivity index (χ0) is 31.5. The highest BCUT2D eigenvalue weighted by Gasteiger charge is 2.32. The Bertz CT molecular complexity index is 1280. The molecule has 1 heterocycles. The lowest BCUT2D eigenvalue weighted by Gasteiger charge is -2.33. The van der Waals surface area contributed by atoms with Gasteiger partial charge in [-0.2, -0.15) is 0 Å². The van der Waals surface area contributed by atoms with Gasteiger partial charge in [0.15, 0.2) is 5.78 Å². The van der Waals surface area contributed by atoms with Crippen molar-refractivity contribution in [1.82, 2.24) is 15.5 Å². The molecule has 2 aromatic carbocycles. The van der Waals surface area contributed by atoms with Crippen LogP contribution in [0.4, 0.5) is 4.39 Å². The van der Waals surface area contributed by atoms with E-state index in [2.05, 4.69) is 10.6 Å². The lowest BCUT2D eigenvalue weighted by atomic mass is 9.81. The van der Waals surface area contributed by atoms with Crippen molar-refractivity contribution >= 4 is 17.6 Å². The quantitative estimate of drug-likeness (QED) is 0.282. The van der Waals surface area contributed by atoms with Gasteiger partial charge in [0.1, 0.15) is 17.3 Å². The van der Waals surface area contributed by atoms with Crippen LogP contribution in [-0.2, 0) is 16.1 Å². The van der Waals surface area contributed by atoms with Crippen molar-refractivity contribution in [3.63, 3.8) is 0 Å². The fourth-order valence-electron chi connectivity index (χ4n) is 6.56. The average molecular weight is 610 g/mol. The van der Waals surface area contributed by atoms with Crippen molar-refractivity contribution < 1.29 is 28.2 Å². The topological polar surface area (TPSA) is 97.0 Å². The number of benzene rings is 2. The van der Waals surface area contributed by atoms with Gasteiger partial charge in [-0.1, -0.05) is 44.4 Å². The van der Waals surface area contributed by atoms with Crippen LogP contribution in [0.5, 0.6) is 11.5 Å². The number of amides is 2. The van der Waals surface area contributed by atoms with Gasteiger partial charge < -0.3 is 25.0 Å². The molecule has 44 heavy (non-hydrogen) atoms. The summed E-state index contributed by atoms with van der Waals surface area (Å²) in [5.41, 5.74) is 1.33. The second-order valence-electron chi connectivity index (χ2n) is 12.0. The standard InChI is InChI=1S/C35H48FN3O5/c1-4-11-30(40)34(24-12-7-6-8-13-24)38-35(42)29-16-9-15-28(33(29)36)26-14-10-19-39(23-26)32(41)22-37-21-25-17-18-27(43-3)20-31(25)44-5-2/h9,15-18,20,24,26,34,37H,4-8,10-14,19,21-23H2,1-3H3,(H,38,42)/t26?,34-/m1/s1. The summed E-state index contributed by atoms with van der Waals surface area (Å²) in [6.07, 6.45) is 7.61. The number of likely N-dealkylation sites (tertiary alicyclic amines) is 1. The van der Waals surface area contributed by atoms with E-state index in [1.165, 1.54) is 6.07 Å². The maximum atomic E-state index is 15.9. The van der Waals surface area contributed by atoms with E-state index in [9.17, 15) is 14.4 Å². The molecule has 2 N–H and O–H groups in total. The Hall–Kier alpha value is -3.46. The summed E-state index contributed by atoms with van der Waals surface area (Å²) in [6, 6.07) is 9.93. The van der Waals surface area contributed by atoms with Gasteiger partial charge in [-0.15, -0.1) is 0 Å². The predicted molar refractivity (Wildman–Crippen MR) is 169 cm³/mol. The molecule has 8 nitrogen and oxygen atoms in total. The minimum atomic E-state index is -0.580. The van der Waals surface area contributed by atoms with Crippen LogP contribution >= 0.6 is 0 Å². The van der Waals surface area contributed by atoms with Crippen molar-refractivity contribution in [2.45, 2.75) is 90.1 Å². The first kappa shape index (κ1) is 33.4. The van der Waals surface area contributed by atoms with Crippen molar-refractivity contribution in [2.75, 3.05) is 33.4 Å². The van der Waals surface area contributed by atoms with Gasteiger partial charge in [0.05, 0.1) is 31.9 Å². The zero-order valence-electron chi connectivity index (χ0n) is 26.5. The molecule has 2 amide bonds. The number of piperidine rings is 1. The van der Waals surface area contributed by atoms with Crippen LogP contribution in [0.15, 0.2) is 36.4 Å². The molecule has 1 aliphatic carbocycles. The second kappa shape index (κ2) is 16.6. The summed E-state index contributed by atoms with van der Waals surface area (Å²) < 4.78 is 27.0. The van der Waals surface area contributed by atoms with E-state index in [-0.39, 0.29) is 35.6 Å². The van der Waals surface area contributed by atoms with Crippen LogP contribution in [0.25, 0.3) is 0 Å². The van der Waals surface area contributed by atoms with Crippen molar-refractivity contribution in [1.29, 1.82) is 0 Å². The number of ketones is 1. The molecule has 4 rings (SSSR count). The lowest BCUT2D eigenvalue weighted by molar-refractivity contribution is -0.131. The van der Waals surface area contributed by atoms with Crippen molar-refractivity contribution in [2.24, 2.45) is 5.92 Å². The monoisotopic (exact) mass is 609 g/mol. The minimum Gasteiger partial charge on any atom is -0.497 e. The highest BCUT2D eigenvalue weighted by atomic mass is 19.1. The number of methoxy groups -OCH3 is 1. The van der Waals surface area contributed by atoms with E-state index in [1.807, 2.05) is 32.0 Å². The first-order valence-electron chi connectivity index (χ1n) is 16.3. The molecule has 1 aliphatic heterocycles. The van der Waals surface area contributed by atoms with Gasteiger partial charge in [-0.25, -0.2) is 4.39 Å². The number of nitrogens with zero attached hydrogens (tertiary/aromatic N) is 1. The Labute approximate surface area is 261 Å². The number of hydrogen-bond donors (Lipinski definition) is 2. The van der Waals surface area contributed by atoms with Gasteiger partial charge in [0.2, 0.25) is 5.91 Å². The number of ether oxygens (including phenoxy) is 2. The SMILES string of the molecule is CCCC(=O)[C@H](NC(=O)c1cccc(C2CCCN(C(=O)CNCc3ccc(OC)cc3OCC)C2)c1F)C1CCCCC1. The smallest absolute Gasteiger partial charge is 0.254 e. The second-order valence-corrected chi connectivity index (χ2v) is 12.0. The molecular formula is C35H48FN3O5. The van der Waals surface area contributed by atoms with Crippen LogP contribution in [0.1, 0.15) is 99.0 Å². The molecule has 1 unspecified atom stereocenters. The van der Waals surface area contributed by atoms with Gasteiger partial charge in [-0.05, 0) is 62.6 Å². The third-order valence-corrected chi connectivity index (χ3v) is 8.90. The van der Waals surface area contributed by atoms with Crippen LogP contribution in [0.3, 0.4) is 0 Å². The van der Waals surface area contributed by atoms with Gasteiger partial charge in [-0.3, -0.25) is 14.4 Å². The summed E-state index contributed by atoms with van der Waals surface area (Å²) >= 11 is 0. The molecular weight excluding hydrogens is 561 g/mol. The van der Waals surface area contributed by atoms with Gasteiger partial charge >= 0.3 is 0 Å². The number of carbonyl (C=O) groups is 3. The van der Waals surface area contributed by atoms with E-state index in [0.717, 1.165) is 50.5 Å². The maximum Gasteiger partial charge on any atom is 0.254 e. The van der Waals surface area contributed by atoms with Crippen molar-refractivity contribution in [3.8, 4) is 11.5 Å². The largest absolute Gasteiger partial charge is 0.497 e. The molecule has 0 spiro atoms. The normalized spacial score (nSPS) is 18.0. The molecule has 0 bridgehead atoms. The van der Waals surface area contributed by atoms with E-state index in [0.29, 0.717) is 56.1 Å². The fraction of sp³-hybridized carbons (Fsp3) is 0.571. The Morgan fingerprint density at radius 2 is 1.84 bits per heavy atom. The summed E-state index contributed by atoms with van der Waals surface area (Å²) in [6.45, 7) is 5.98. The molecule has 2 aliphatic rings. The first-order chi connectivity index (χ1) is 21.4. The van der Waals surface area contributed by atoms with E-state index in [4.69, 9.17) is 9.47 Å². The van der Waals surface area contributed by atoms with Crippen molar-refractivity contribution in [3.05, 3.63) is 58.9 Å². The molecule has 1 saturated heterocycles. The molecule has 2 atom stereocenters. The summed E-state index contributed by atoms with van der Waals surface area (Å²) in [7, 11) is 1.61. The van der Waals surface area contributed by atoms with Crippen LogP contribution < -0.4 is 20.1 Å². The van der Waals surface area contributed by atoms with Crippen LogP contribution in [0, 0.1) is 11.7 Å². The Morgan fingerprint density at radius 1 is 1.05 bits per heavy atom. The van der Waals surface area contributed by atoms with E-state index < -0.39 is 17.8 Å². The molecule has 9 heteroatoms. The summed E-state index contributed by atoms with van der Waals surface area (Å²) in [4.78, 5) is 41.3. The highest BCUT2D eigenvalue weighted by molar-refractivity contribution is 5.98. The first-order valence-corrected chi connectivity index (χ1v) is 16.3. The van der Waals surface area contributed by atoms with E-state index >= 15 is 4.39 Å². The number of rotatable bonds is 14. The molecule has 0 radical (unpaired) electrons. The fourth-order valence-corrected chi connectivity index (χ4v) is 6.56. The number of hydrogen-bond acceptors (Lipinski definition) is 6. The average Bonchev–Trinajstić information content (AvgIpc) is 3.04. The number of halogens is 1. The third kappa shape index (κ3) is 8.58. The zero-order valence-corrected chi connectivity index (χ0v) is 26.5. The predicted octanol–water partition coefficient (Wildman–Crippen LogP) is 5.78. The number of carbonyl (C=O) groups excluding carboxylic acids is 3. The maximum absolute atomic E-state index is 15.9. The molecule has 2 fully saturated rings. The summed E-state index contributed by atoms with van der Waals surface area (Å²) in [5.74, 6) is 0.167. The van der Waals surface area contributed by atoms with E-state index in [1.54, 1.807) is 24.1 Å². The van der Waals surface area contributed by atoms with Crippen LogP contribution in [-0.4, -0.2) is 61.9 Å². The Kier molecular flexibility index (Phi) is 12.6. The molecule has 1 saturated carbocycles. The van der Waals surface area contributed by atoms with Crippen LogP contribution in [0.2, 0.25) is 0 Å². The van der Waals surface area contributed by atoms with Gasteiger partial charge in [0.25, 0.3) is 5.91 Å². The highest BCUT2D eigenvalue weighted by Crippen LogP contribution is 2.31. The number of nitrogens with one attached hydrogen (secondary N) is 2. The Morgan fingerprint density at radius 3 is 2.57 bits per heavy atom. The Balaban J connectivity index is 1.39. The molecule has 0 aromatic heterocycles. The third-order valence-electron chi connectivity index (χ3n) is 8.90. The lowest BCUT2D eigenvalue weighted by Crippen LogP contribution is -2.47. The summed E-state index contributed by atoms with van der Waals surface area (Å²) in [5, 5.41) is 6.14. The minimum absolute atomic E-state index is 0.0282.